The van der Waals surface area contributed by atoms with E-state index in [2.05, 4.69) is 29.7 Å². The molecule has 0 saturated carbocycles. The van der Waals surface area contributed by atoms with Gasteiger partial charge in [0, 0.05) is 37.0 Å². The lowest BCUT2D eigenvalue weighted by Gasteiger charge is -2.10. The van der Waals surface area contributed by atoms with Crippen molar-refractivity contribution in [3.8, 4) is 5.75 Å². The first-order valence-electron chi connectivity index (χ1n) is 10.6. The van der Waals surface area contributed by atoms with Gasteiger partial charge in [-0.2, -0.15) is 0 Å². The Hall–Kier alpha value is -3.38. The van der Waals surface area contributed by atoms with E-state index < -0.39 is 0 Å². The van der Waals surface area contributed by atoms with Crippen LogP contribution < -0.4 is 15.4 Å². The zero-order chi connectivity index (χ0) is 21.8. The maximum atomic E-state index is 11.9. The fourth-order valence-electron chi connectivity index (χ4n) is 3.90. The van der Waals surface area contributed by atoms with Crippen molar-refractivity contribution in [3.63, 3.8) is 0 Å². The average molecular weight is 417 g/mol. The van der Waals surface area contributed by atoms with Crippen LogP contribution in [-0.4, -0.2) is 35.7 Å². The van der Waals surface area contributed by atoms with E-state index >= 15 is 0 Å². The largest absolute Gasteiger partial charge is 0.497 e. The van der Waals surface area contributed by atoms with Crippen LogP contribution in [0.5, 0.6) is 5.75 Å². The summed E-state index contributed by atoms with van der Waals surface area (Å²) in [5.41, 5.74) is 4.24. The molecule has 160 valence electrons. The van der Waals surface area contributed by atoms with E-state index in [1.54, 1.807) is 18.6 Å². The van der Waals surface area contributed by atoms with E-state index in [1.807, 2.05) is 42.6 Å². The summed E-state index contributed by atoms with van der Waals surface area (Å²) in [5.74, 6) is 1.76. The number of carbonyl (C=O) groups excluding carboxylic acids is 1. The van der Waals surface area contributed by atoms with Crippen molar-refractivity contribution in [1.29, 1.82) is 0 Å². The van der Waals surface area contributed by atoms with Gasteiger partial charge in [0.25, 0.3) is 0 Å². The van der Waals surface area contributed by atoms with Crippen LogP contribution in [0.1, 0.15) is 29.3 Å². The number of aryl methyl sites for hydroxylation is 1. The highest BCUT2D eigenvalue weighted by molar-refractivity contribution is 5.93. The molecule has 0 saturated heterocycles. The van der Waals surface area contributed by atoms with Crippen LogP contribution >= 0.6 is 0 Å². The molecule has 6 heteroatoms. The number of anilines is 1. The minimum absolute atomic E-state index is 0.0308. The highest BCUT2D eigenvalue weighted by Crippen LogP contribution is 2.25. The summed E-state index contributed by atoms with van der Waals surface area (Å²) in [6.07, 6.45) is 2.90. The van der Waals surface area contributed by atoms with Gasteiger partial charge >= 0.3 is 0 Å². The Balaban J connectivity index is 1.30. The van der Waals surface area contributed by atoms with Crippen molar-refractivity contribution in [2.45, 2.75) is 26.8 Å². The van der Waals surface area contributed by atoms with Gasteiger partial charge in [-0.3, -0.25) is 9.36 Å². The molecule has 2 aromatic carbocycles. The number of methoxy groups -OCH3 is 1. The number of carbonyl (C=O) groups is 1. The lowest BCUT2D eigenvalue weighted by atomic mass is 10.1. The van der Waals surface area contributed by atoms with E-state index in [1.165, 1.54) is 5.56 Å². The molecule has 2 heterocycles. The number of benzene rings is 2. The van der Waals surface area contributed by atoms with Crippen molar-refractivity contribution in [2.75, 3.05) is 25.5 Å². The molecule has 0 aliphatic carbocycles. The van der Waals surface area contributed by atoms with Gasteiger partial charge in [-0.15, -0.1) is 0 Å². The normalized spacial score (nSPS) is 11.2. The minimum atomic E-state index is 0.0308. The molecular weight excluding hydrogens is 388 g/mol. The molecule has 0 aliphatic heterocycles. The fraction of sp³-hybridized carbons (Fsp3) is 0.280. The number of hydrogen-bond acceptors (Lipinski definition) is 5. The van der Waals surface area contributed by atoms with Crippen molar-refractivity contribution >= 4 is 33.5 Å². The van der Waals surface area contributed by atoms with Crippen LogP contribution in [-0.2, 0) is 6.54 Å². The monoisotopic (exact) mass is 416 g/mol. The molecule has 0 bridgehead atoms. The molecule has 6 nitrogen and oxygen atoms in total. The zero-order valence-electron chi connectivity index (χ0n) is 18.2. The molecule has 4 rings (SSSR count). The van der Waals surface area contributed by atoms with Crippen molar-refractivity contribution in [1.82, 2.24) is 14.9 Å². The molecule has 0 spiro atoms. The number of rotatable bonds is 8. The third kappa shape index (κ3) is 4.54. The summed E-state index contributed by atoms with van der Waals surface area (Å²) < 4.78 is 7.03. The average Bonchev–Trinajstić information content (AvgIpc) is 3.15. The second-order valence-electron chi connectivity index (χ2n) is 7.73. The van der Waals surface area contributed by atoms with Gasteiger partial charge in [0.1, 0.15) is 11.6 Å². The van der Waals surface area contributed by atoms with Crippen LogP contribution in [0.3, 0.4) is 0 Å². The standard InChI is InChI=1S/C25H28N4O2/c1-17-13-25(28-23-10-9-20(31-3)14-22(17)23)27-12-6-11-26-15-19-16-29(18(2)30)24-8-5-4-7-21(19)24/h4-5,7-10,13-14,16,26H,6,11-12,15H2,1-3H3,(H,27,28). The highest BCUT2D eigenvalue weighted by atomic mass is 16.5. The van der Waals surface area contributed by atoms with Crippen LogP contribution in [0.2, 0.25) is 0 Å². The van der Waals surface area contributed by atoms with Crippen molar-refractivity contribution in [3.05, 3.63) is 65.9 Å². The van der Waals surface area contributed by atoms with Gasteiger partial charge in [0.2, 0.25) is 5.91 Å². The molecule has 0 amide bonds. The fourth-order valence-corrected chi connectivity index (χ4v) is 3.90. The van der Waals surface area contributed by atoms with E-state index in [0.29, 0.717) is 0 Å². The van der Waals surface area contributed by atoms with E-state index in [-0.39, 0.29) is 5.91 Å². The van der Waals surface area contributed by atoms with Gasteiger partial charge in [-0.1, -0.05) is 18.2 Å². The third-order valence-electron chi connectivity index (χ3n) is 5.51. The Labute approximate surface area is 182 Å². The van der Waals surface area contributed by atoms with Gasteiger partial charge < -0.3 is 15.4 Å². The molecular formula is C25H28N4O2. The predicted molar refractivity (Wildman–Crippen MR) is 126 cm³/mol. The van der Waals surface area contributed by atoms with E-state index in [4.69, 9.17) is 9.72 Å². The maximum absolute atomic E-state index is 11.9. The second-order valence-corrected chi connectivity index (χ2v) is 7.73. The summed E-state index contributed by atoms with van der Waals surface area (Å²) in [6, 6.07) is 16.0. The molecule has 4 aromatic rings. The first-order chi connectivity index (χ1) is 15.1. The van der Waals surface area contributed by atoms with Crippen LogP contribution in [0.15, 0.2) is 54.7 Å². The molecule has 0 fully saturated rings. The smallest absolute Gasteiger partial charge is 0.227 e. The van der Waals surface area contributed by atoms with Gasteiger partial charge in [-0.05, 0) is 61.3 Å². The number of nitrogens with one attached hydrogen (secondary N) is 2. The molecule has 0 unspecified atom stereocenters. The molecule has 2 N–H and O–H groups in total. The predicted octanol–water partition coefficient (Wildman–Crippen LogP) is 4.76. The molecule has 2 aromatic heterocycles. The Bertz CT molecular complexity index is 1230. The number of ether oxygens (including phenoxy) is 1. The van der Waals surface area contributed by atoms with Gasteiger partial charge in [0.05, 0.1) is 18.1 Å². The number of para-hydroxylation sites is 1. The number of nitrogens with zero attached hydrogens (tertiary/aromatic N) is 2. The number of fused-ring (bicyclic) bond motifs is 2. The number of pyridine rings is 1. The Morgan fingerprint density at radius 1 is 1.10 bits per heavy atom. The third-order valence-corrected chi connectivity index (χ3v) is 5.51. The minimum Gasteiger partial charge on any atom is -0.497 e. The summed E-state index contributed by atoms with van der Waals surface area (Å²) in [7, 11) is 1.68. The van der Waals surface area contributed by atoms with E-state index in [9.17, 15) is 4.79 Å². The molecule has 0 radical (unpaired) electrons. The van der Waals surface area contributed by atoms with Crippen LogP contribution in [0, 0.1) is 6.92 Å². The second kappa shape index (κ2) is 9.18. The first-order valence-corrected chi connectivity index (χ1v) is 10.6. The Morgan fingerprint density at radius 3 is 2.74 bits per heavy atom. The zero-order valence-corrected chi connectivity index (χ0v) is 18.2. The molecule has 0 aliphatic rings. The first kappa shape index (κ1) is 20.9. The van der Waals surface area contributed by atoms with Crippen molar-refractivity contribution < 1.29 is 9.53 Å². The maximum Gasteiger partial charge on any atom is 0.227 e. The highest BCUT2D eigenvalue weighted by Gasteiger charge is 2.10. The molecule has 31 heavy (non-hydrogen) atoms. The van der Waals surface area contributed by atoms with Gasteiger partial charge in [-0.25, -0.2) is 4.98 Å². The summed E-state index contributed by atoms with van der Waals surface area (Å²) in [4.78, 5) is 16.6. The lowest BCUT2D eigenvalue weighted by molar-refractivity contribution is 0.0941. The number of aromatic nitrogens is 2. The summed E-state index contributed by atoms with van der Waals surface area (Å²) in [5, 5.41) is 9.14. The SMILES string of the molecule is COc1ccc2nc(NCCCNCc3cn(C(C)=O)c4ccccc34)cc(C)c2c1. The van der Waals surface area contributed by atoms with Gasteiger partial charge in [0.15, 0.2) is 0 Å². The quantitative estimate of drug-likeness (QED) is 0.406. The van der Waals surface area contributed by atoms with E-state index in [0.717, 1.165) is 65.0 Å². The van der Waals surface area contributed by atoms with Crippen LogP contribution in [0.4, 0.5) is 5.82 Å². The van der Waals surface area contributed by atoms with Crippen LogP contribution in [0.25, 0.3) is 21.8 Å². The lowest BCUT2D eigenvalue weighted by Crippen LogP contribution is -2.18. The van der Waals surface area contributed by atoms with Crippen molar-refractivity contribution in [2.24, 2.45) is 0 Å². The topological polar surface area (TPSA) is 68.2 Å². The Morgan fingerprint density at radius 2 is 1.94 bits per heavy atom. The number of hydrogen-bond donors (Lipinski definition) is 2. The molecule has 0 atom stereocenters. The summed E-state index contributed by atoms with van der Waals surface area (Å²) in [6.45, 7) is 6.12. The Kier molecular flexibility index (Phi) is 6.18. The summed E-state index contributed by atoms with van der Waals surface area (Å²) >= 11 is 0.